The Hall–Kier alpha value is -3.60. The highest BCUT2D eigenvalue weighted by atomic mass is 16.7. The molecule has 43 heavy (non-hydrogen) atoms. The number of hydrogen-bond donors (Lipinski definition) is 0. The molecule has 0 amide bonds. The first-order valence-corrected chi connectivity index (χ1v) is 14.6. The van der Waals surface area contributed by atoms with Gasteiger partial charge in [0.15, 0.2) is 23.1 Å². The molecule has 2 saturated carbocycles. The zero-order valence-corrected chi connectivity index (χ0v) is 25.7. The third kappa shape index (κ3) is 4.95. The van der Waals surface area contributed by atoms with Crippen LogP contribution in [0.5, 0.6) is 0 Å². The Labute approximate surface area is 250 Å². The zero-order chi connectivity index (χ0) is 31.6. The summed E-state index contributed by atoms with van der Waals surface area (Å²) in [6.07, 6.45) is 1.09. The van der Waals surface area contributed by atoms with E-state index in [9.17, 15) is 24.0 Å². The van der Waals surface area contributed by atoms with Crippen molar-refractivity contribution in [1.29, 1.82) is 0 Å². The van der Waals surface area contributed by atoms with Gasteiger partial charge in [-0.1, -0.05) is 27.7 Å². The molecule has 1 aromatic heterocycles. The summed E-state index contributed by atoms with van der Waals surface area (Å²) in [5, 5.41) is 0. The third-order valence-electron chi connectivity index (χ3n) is 9.71. The van der Waals surface area contributed by atoms with Gasteiger partial charge in [-0.05, 0) is 48.5 Å². The lowest BCUT2D eigenvalue weighted by atomic mass is 9.80. The van der Waals surface area contributed by atoms with Crippen molar-refractivity contribution in [2.24, 2.45) is 29.1 Å². The molecule has 0 bridgehead atoms. The molecule has 4 aliphatic rings. The first-order valence-electron chi connectivity index (χ1n) is 14.6. The average Bonchev–Trinajstić information content (AvgIpc) is 3.71. The number of nitrogens with zero attached hydrogens (tertiary/aromatic N) is 1. The number of aromatic nitrogens is 1. The van der Waals surface area contributed by atoms with Crippen LogP contribution in [-0.2, 0) is 42.9 Å². The average molecular weight is 598 g/mol. The van der Waals surface area contributed by atoms with E-state index < -0.39 is 82.7 Å². The fourth-order valence-electron chi connectivity index (χ4n) is 7.87. The van der Waals surface area contributed by atoms with Gasteiger partial charge in [0, 0.05) is 45.0 Å². The summed E-state index contributed by atoms with van der Waals surface area (Å²) in [7, 11) is 0. The van der Waals surface area contributed by atoms with Crippen LogP contribution in [0.3, 0.4) is 0 Å². The molecule has 1 aromatic rings. The van der Waals surface area contributed by atoms with E-state index in [1.807, 2.05) is 20.8 Å². The van der Waals surface area contributed by atoms with Gasteiger partial charge < -0.3 is 23.7 Å². The maximum atomic E-state index is 14.4. The molecule has 5 rings (SSSR count). The molecule has 0 spiro atoms. The Kier molecular flexibility index (Phi) is 7.56. The summed E-state index contributed by atoms with van der Waals surface area (Å²) < 4.78 is 30.0. The largest absolute Gasteiger partial charge is 0.461 e. The number of Topliss-reactive ketones (excluding diaryl/α,β-unsaturated/α-hetero) is 1. The van der Waals surface area contributed by atoms with E-state index in [0.29, 0.717) is 5.57 Å². The van der Waals surface area contributed by atoms with Crippen molar-refractivity contribution in [1.82, 2.24) is 4.98 Å². The van der Waals surface area contributed by atoms with Gasteiger partial charge in [0.05, 0.1) is 11.5 Å². The summed E-state index contributed by atoms with van der Waals surface area (Å²) in [6.45, 7) is 13.0. The number of fused-ring (bicyclic) bond motifs is 1. The fourth-order valence-corrected chi connectivity index (χ4v) is 7.87. The van der Waals surface area contributed by atoms with Crippen molar-refractivity contribution in [2.45, 2.75) is 97.4 Å². The van der Waals surface area contributed by atoms with E-state index in [2.05, 4.69) is 4.98 Å². The number of carbonyl (C=O) groups is 5. The van der Waals surface area contributed by atoms with E-state index in [1.54, 1.807) is 32.1 Å². The quantitative estimate of drug-likeness (QED) is 0.213. The van der Waals surface area contributed by atoms with Crippen LogP contribution in [0.4, 0.5) is 0 Å². The second kappa shape index (κ2) is 10.5. The fraction of sp³-hybridized carbons (Fsp3) is 0.625. The summed E-state index contributed by atoms with van der Waals surface area (Å²) in [5.74, 6) is -4.58. The number of epoxide rings is 1. The van der Waals surface area contributed by atoms with Gasteiger partial charge in [-0.15, -0.1) is 0 Å². The van der Waals surface area contributed by atoms with Gasteiger partial charge in [-0.3, -0.25) is 24.2 Å². The van der Waals surface area contributed by atoms with Gasteiger partial charge >= 0.3 is 23.9 Å². The molecule has 11 heteroatoms. The molecule has 3 fully saturated rings. The molecular formula is C32H39NO10. The molecule has 0 N–H and O–H groups in total. The highest BCUT2D eigenvalue weighted by Crippen LogP contribution is 2.69. The van der Waals surface area contributed by atoms with E-state index >= 15 is 0 Å². The molecule has 1 saturated heterocycles. The number of pyridine rings is 1. The van der Waals surface area contributed by atoms with Crippen molar-refractivity contribution in [3.05, 3.63) is 41.7 Å². The minimum absolute atomic E-state index is 0.206. The van der Waals surface area contributed by atoms with E-state index in [1.165, 1.54) is 33.2 Å². The maximum Gasteiger partial charge on any atom is 0.340 e. The third-order valence-corrected chi connectivity index (χ3v) is 9.71. The van der Waals surface area contributed by atoms with Crippen LogP contribution >= 0.6 is 0 Å². The van der Waals surface area contributed by atoms with Gasteiger partial charge in [0.2, 0.25) is 0 Å². The number of rotatable bonds is 5. The van der Waals surface area contributed by atoms with E-state index in [-0.39, 0.29) is 23.7 Å². The Morgan fingerprint density at radius 3 is 2.14 bits per heavy atom. The van der Waals surface area contributed by atoms with Crippen LogP contribution < -0.4 is 0 Å². The summed E-state index contributed by atoms with van der Waals surface area (Å²) in [6, 6.07) is 3.17. The van der Waals surface area contributed by atoms with Crippen LogP contribution in [0.1, 0.15) is 72.2 Å². The smallest absolute Gasteiger partial charge is 0.340 e. The highest BCUT2D eigenvalue weighted by molar-refractivity contribution is 5.96. The normalized spacial score (nSPS) is 40.2. The SMILES string of the molecule is CC(=O)O[C@@H]1[C@@H]2[C@@H]([C@@H](OC(=O)c3cccnc3)[C@@H](OC(C)=O)/C(C)=C\[C@@]34O[C@@]3(C[C@H](C)[C@H]4OC(C)=O)C(=O)[C@H]1C)C2(C)C. The summed E-state index contributed by atoms with van der Waals surface area (Å²) in [4.78, 5) is 69.0. The highest BCUT2D eigenvalue weighted by Gasteiger charge is 2.84. The molecule has 1 aliphatic heterocycles. The van der Waals surface area contributed by atoms with Crippen molar-refractivity contribution in [2.75, 3.05) is 0 Å². The molecule has 232 valence electrons. The van der Waals surface area contributed by atoms with Crippen LogP contribution in [0.2, 0.25) is 0 Å². The number of esters is 4. The van der Waals surface area contributed by atoms with Crippen LogP contribution in [0, 0.1) is 29.1 Å². The second-order valence-corrected chi connectivity index (χ2v) is 13.1. The molecule has 0 aromatic carbocycles. The number of hydrogen-bond acceptors (Lipinski definition) is 11. The Morgan fingerprint density at radius 2 is 1.56 bits per heavy atom. The molecule has 11 nitrogen and oxygen atoms in total. The van der Waals surface area contributed by atoms with Crippen molar-refractivity contribution in [3.63, 3.8) is 0 Å². The van der Waals surface area contributed by atoms with Crippen molar-refractivity contribution >= 4 is 29.7 Å². The van der Waals surface area contributed by atoms with Gasteiger partial charge in [0.25, 0.3) is 0 Å². The van der Waals surface area contributed by atoms with E-state index in [0.717, 1.165) is 0 Å². The predicted octanol–water partition coefficient (Wildman–Crippen LogP) is 3.39. The lowest BCUT2D eigenvalue weighted by Gasteiger charge is -2.30. The number of ether oxygens (including phenoxy) is 5. The summed E-state index contributed by atoms with van der Waals surface area (Å²) in [5.41, 5.74) is -2.59. The van der Waals surface area contributed by atoms with Crippen LogP contribution in [0.25, 0.3) is 0 Å². The van der Waals surface area contributed by atoms with Crippen molar-refractivity contribution in [3.8, 4) is 0 Å². The molecule has 10 atom stereocenters. The molecule has 3 aliphatic carbocycles. The van der Waals surface area contributed by atoms with Crippen LogP contribution in [-0.4, -0.2) is 70.3 Å². The van der Waals surface area contributed by atoms with Gasteiger partial charge in [-0.25, -0.2) is 4.79 Å². The molecule has 2 heterocycles. The lowest BCUT2D eigenvalue weighted by Crippen LogP contribution is -2.43. The van der Waals surface area contributed by atoms with Gasteiger partial charge in [-0.2, -0.15) is 0 Å². The minimum Gasteiger partial charge on any atom is -0.461 e. The lowest BCUT2D eigenvalue weighted by molar-refractivity contribution is -0.154. The monoisotopic (exact) mass is 597 g/mol. The standard InChI is InChI=1S/C32H39NO10/c1-15-12-32-28(41-20(6)36)16(2)13-31(32,43-32)27(37)17(3)25(40-19(5)35)22-23(30(22,7)8)26(24(15)39-18(4)34)42-29(38)21-10-9-11-33-14-21/h9-12,14,16-17,22-26,28H,13H2,1-8H3/b15-12-/t16-,17-,22-,23-,24-,25-,26+,28+,31-,32-/m0/s1. The van der Waals surface area contributed by atoms with Gasteiger partial charge in [0.1, 0.15) is 18.3 Å². The zero-order valence-electron chi connectivity index (χ0n) is 25.7. The minimum atomic E-state index is -1.34. The summed E-state index contributed by atoms with van der Waals surface area (Å²) >= 11 is 0. The number of ketones is 1. The molecule has 0 radical (unpaired) electrons. The number of carbonyl (C=O) groups excluding carboxylic acids is 5. The maximum absolute atomic E-state index is 14.4. The first-order chi connectivity index (χ1) is 20.1. The Bertz CT molecular complexity index is 1390. The Balaban J connectivity index is 1.69. The first kappa shape index (κ1) is 30.8. The molecular weight excluding hydrogens is 558 g/mol. The Morgan fingerprint density at radius 1 is 0.930 bits per heavy atom. The second-order valence-electron chi connectivity index (χ2n) is 13.1. The molecule has 0 unspecified atom stereocenters. The predicted molar refractivity (Wildman–Crippen MR) is 149 cm³/mol. The topological polar surface area (TPSA) is 148 Å². The van der Waals surface area contributed by atoms with Crippen LogP contribution in [0.15, 0.2) is 36.2 Å². The van der Waals surface area contributed by atoms with E-state index in [4.69, 9.17) is 23.7 Å². The van der Waals surface area contributed by atoms with Crippen molar-refractivity contribution < 1.29 is 47.7 Å².